The number of nitrogens with two attached hydrogens (primary N) is 1. The summed E-state index contributed by atoms with van der Waals surface area (Å²) in [6.45, 7) is 0. The van der Waals surface area contributed by atoms with Gasteiger partial charge in [-0.25, -0.2) is 4.39 Å². The minimum absolute atomic E-state index is 0.0747. The van der Waals surface area contributed by atoms with Gasteiger partial charge in [0.1, 0.15) is 5.82 Å². The number of hydrogen-bond acceptors (Lipinski definition) is 1. The van der Waals surface area contributed by atoms with E-state index in [0.29, 0.717) is 6.42 Å². The number of hydrogen-bond donors (Lipinski definition) is 1. The largest absolute Gasteiger partial charge is 0.324 e. The fraction of sp³-hybridized carbons (Fsp3) is 0.250. The molecular formula is C8H8FN. The summed E-state index contributed by atoms with van der Waals surface area (Å²) in [5, 5.41) is 0. The molecule has 0 amide bonds. The van der Waals surface area contributed by atoms with Crippen LogP contribution in [0.4, 0.5) is 4.39 Å². The third kappa shape index (κ3) is 0.596. The predicted octanol–water partition coefficient (Wildman–Crippen LogP) is 1.38. The molecule has 1 aliphatic rings. The molecular weight excluding hydrogens is 129 g/mol. The van der Waals surface area contributed by atoms with Crippen molar-refractivity contribution in [2.75, 3.05) is 0 Å². The van der Waals surface area contributed by atoms with Gasteiger partial charge in [-0.1, -0.05) is 12.1 Å². The highest BCUT2D eigenvalue weighted by Crippen LogP contribution is 2.32. The topological polar surface area (TPSA) is 26.0 Å². The van der Waals surface area contributed by atoms with Gasteiger partial charge in [0.25, 0.3) is 0 Å². The molecule has 2 heteroatoms. The van der Waals surface area contributed by atoms with E-state index in [4.69, 9.17) is 5.73 Å². The van der Waals surface area contributed by atoms with E-state index >= 15 is 0 Å². The van der Waals surface area contributed by atoms with E-state index < -0.39 is 0 Å². The molecule has 0 aromatic heterocycles. The average molecular weight is 137 g/mol. The molecule has 1 atom stereocenters. The van der Waals surface area contributed by atoms with Crippen LogP contribution in [0.15, 0.2) is 18.2 Å². The third-order valence-electron chi connectivity index (χ3n) is 1.98. The summed E-state index contributed by atoms with van der Waals surface area (Å²) in [5.74, 6) is -0.112. The molecule has 52 valence electrons. The summed E-state index contributed by atoms with van der Waals surface area (Å²) in [7, 11) is 0. The summed E-state index contributed by atoms with van der Waals surface area (Å²) >= 11 is 0. The molecule has 10 heavy (non-hydrogen) atoms. The molecule has 2 N–H and O–H groups in total. The van der Waals surface area contributed by atoms with Crippen molar-refractivity contribution < 1.29 is 4.39 Å². The molecule has 1 aromatic rings. The Bertz CT molecular complexity index is 270. The fourth-order valence-corrected chi connectivity index (χ4v) is 1.34. The first-order chi connectivity index (χ1) is 4.79. The summed E-state index contributed by atoms with van der Waals surface area (Å²) in [4.78, 5) is 0. The van der Waals surface area contributed by atoms with Crippen molar-refractivity contribution in [1.82, 2.24) is 0 Å². The van der Waals surface area contributed by atoms with Crippen molar-refractivity contribution in [3.8, 4) is 0 Å². The van der Waals surface area contributed by atoms with Gasteiger partial charge in [0.15, 0.2) is 0 Å². The lowest BCUT2D eigenvalue weighted by molar-refractivity contribution is 0.545. The number of benzene rings is 1. The Labute approximate surface area is 58.7 Å². The van der Waals surface area contributed by atoms with E-state index in [1.165, 1.54) is 6.07 Å². The molecule has 0 saturated heterocycles. The van der Waals surface area contributed by atoms with Gasteiger partial charge in [0.2, 0.25) is 0 Å². The van der Waals surface area contributed by atoms with Gasteiger partial charge in [0.05, 0.1) is 0 Å². The molecule has 0 radical (unpaired) electrons. The van der Waals surface area contributed by atoms with E-state index in [2.05, 4.69) is 0 Å². The van der Waals surface area contributed by atoms with Crippen LogP contribution in [0.5, 0.6) is 0 Å². The highest BCUT2D eigenvalue weighted by Gasteiger charge is 2.24. The van der Waals surface area contributed by atoms with Gasteiger partial charge in [-0.15, -0.1) is 0 Å². The Hall–Kier alpha value is -0.890. The molecule has 0 fully saturated rings. The molecule has 0 bridgehead atoms. The molecule has 0 saturated carbocycles. The lowest BCUT2D eigenvalue weighted by Gasteiger charge is -2.26. The fourth-order valence-electron chi connectivity index (χ4n) is 1.34. The number of fused-ring (bicyclic) bond motifs is 1. The van der Waals surface area contributed by atoms with E-state index in [-0.39, 0.29) is 11.9 Å². The zero-order valence-electron chi connectivity index (χ0n) is 5.47. The van der Waals surface area contributed by atoms with E-state index in [0.717, 1.165) is 11.1 Å². The van der Waals surface area contributed by atoms with Crippen LogP contribution >= 0.6 is 0 Å². The quantitative estimate of drug-likeness (QED) is 0.574. The van der Waals surface area contributed by atoms with Crippen molar-refractivity contribution >= 4 is 0 Å². The molecule has 0 aliphatic heterocycles. The molecule has 2 rings (SSSR count). The van der Waals surface area contributed by atoms with Gasteiger partial charge in [-0.2, -0.15) is 0 Å². The molecule has 0 spiro atoms. The molecule has 1 unspecified atom stereocenters. The van der Waals surface area contributed by atoms with Gasteiger partial charge in [0, 0.05) is 6.04 Å². The van der Waals surface area contributed by atoms with E-state index in [9.17, 15) is 4.39 Å². The summed E-state index contributed by atoms with van der Waals surface area (Å²) < 4.78 is 12.7. The predicted molar refractivity (Wildman–Crippen MR) is 37.0 cm³/mol. The van der Waals surface area contributed by atoms with Crippen molar-refractivity contribution in [3.63, 3.8) is 0 Å². The summed E-state index contributed by atoms with van der Waals surface area (Å²) in [6, 6.07) is 5.13. The Kier molecular flexibility index (Phi) is 1.05. The van der Waals surface area contributed by atoms with Crippen LogP contribution in [-0.2, 0) is 6.42 Å². The second-order valence-electron chi connectivity index (χ2n) is 2.62. The van der Waals surface area contributed by atoms with Crippen LogP contribution < -0.4 is 5.73 Å². The Morgan fingerprint density at radius 3 is 2.90 bits per heavy atom. The summed E-state index contributed by atoms with van der Waals surface area (Å²) in [5.41, 5.74) is 7.37. The second-order valence-corrected chi connectivity index (χ2v) is 2.62. The van der Waals surface area contributed by atoms with Gasteiger partial charge < -0.3 is 5.73 Å². The first-order valence-electron chi connectivity index (χ1n) is 3.32. The van der Waals surface area contributed by atoms with Crippen LogP contribution in [0.1, 0.15) is 17.2 Å². The maximum Gasteiger partial charge on any atom is 0.126 e. The van der Waals surface area contributed by atoms with Crippen LogP contribution in [0.25, 0.3) is 0 Å². The van der Waals surface area contributed by atoms with Crippen LogP contribution in [-0.4, -0.2) is 0 Å². The highest BCUT2D eigenvalue weighted by atomic mass is 19.1. The van der Waals surface area contributed by atoms with E-state index in [1.807, 2.05) is 6.07 Å². The zero-order chi connectivity index (χ0) is 7.14. The van der Waals surface area contributed by atoms with Crippen LogP contribution in [0.2, 0.25) is 0 Å². The second kappa shape index (κ2) is 1.80. The first kappa shape index (κ1) is 5.86. The van der Waals surface area contributed by atoms with Crippen molar-refractivity contribution in [1.29, 1.82) is 0 Å². The smallest absolute Gasteiger partial charge is 0.126 e. The third-order valence-corrected chi connectivity index (χ3v) is 1.98. The lowest BCUT2D eigenvalue weighted by atomic mass is 9.84. The van der Waals surface area contributed by atoms with Gasteiger partial charge in [-0.05, 0) is 23.6 Å². The highest BCUT2D eigenvalue weighted by molar-refractivity contribution is 5.39. The first-order valence-corrected chi connectivity index (χ1v) is 3.32. The van der Waals surface area contributed by atoms with E-state index in [1.54, 1.807) is 6.07 Å². The van der Waals surface area contributed by atoms with Crippen molar-refractivity contribution in [2.24, 2.45) is 5.73 Å². The average Bonchev–Trinajstić information content (AvgIpc) is 1.91. The Morgan fingerprint density at radius 2 is 2.30 bits per heavy atom. The molecule has 0 heterocycles. The zero-order valence-corrected chi connectivity index (χ0v) is 5.47. The maximum absolute atomic E-state index is 12.7. The number of halogens is 1. The Balaban J connectivity index is 2.56. The molecule has 1 nitrogen and oxygen atoms in total. The lowest BCUT2D eigenvalue weighted by Crippen LogP contribution is -2.25. The normalized spacial score (nSPS) is 21.6. The van der Waals surface area contributed by atoms with Crippen LogP contribution in [0, 0.1) is 5.82 Å². The number of rotatable bonds is 0. The van der Waals surface area contributed by atoms with Gasteiger partial charge in [-0.3, -0.25) is 0 Å². The molecule has 1 aliphatic carbocycles. The SMILES string of the molecule is NC1Cc2c(F)cccc21. The maximum atomic E-state index is 12.7. The van der Waals surface area contributed by atoms with Gasteiger partial charge >= 0.3 is 0 Å². The standard InChI is InChI=1S/C8H8FN/c9-7-3-1-2-5-6(7)4-8(5)10/h1-3,8H,4,10H2. The van der Waals surface area contributed by atoms with Crippen LogP contribution in [0.3, 0.4) is 0 Å². The van der Waals surface area contributed by atoms with Crippen molar-refractivity contribution in [3.05, 3.63) is 35.1 Å². The molecule has 1 aromatic carbocycles. The summed E-state index contributed by atoms with van der Waals surface area (Å²) in [6.07, 6.45) is 0.696. The monoisotopic (exact) mass is 137 g/mol. The Morgan fingerprint density at radius 1 is 1.50 bits per heavy atom. The van der Waals surface area contributed by atoms with Crippen molar-refractivity contribution in [2.45, 2.75) is 12.5 Å². The minimum atomic E-state index is -0.112. The minimum Gasteiger partial charge on any atom is -0.324 e.